The molecule has 2 heterocycles. The topological polar surface area (TPSA) is 59.3 Å². The van der Waals surface area contributed by atoms with E-state index in [9.17, 15) is 18.0 Å². The average molecular weight is 456 g/mol. The molecule has 0 fully saturated rings. The predicted octanol–water partition coefficient (Wildman–Crippen LogP) is 5.71. The van der Waals surface area contributed by atoms with Crippen molar-refractivity contribution in [3.8, 4) is 11.3 Å². The van der Waals surface area contributed by atoms with Gasteiger partial charge in [-0.2, -0.15) is 18.3 Å². The molecule has 4 rings (SSSR count). The third kappa shape index (κ3) is 4.94. The smallest absolute Gasteiger partial charge is 0.325 e. The number of carbonyl (C=O) groups is 1. The monoisotopic (exact) mass is 456 g/mol. The van der Waals surface area contributed by atoms with Gasteiger partial charge in [-0.1, -0.05) is 49.0 Å². The number of hydrogen-bond donors (Lipinski definition) is 1. The molecule has 9 heteroatoms. The molecule has 0 atom stereocenters. The Bertz CT molecular complexity index is 1250. The minimum absolute atomic E-state index is 0.00533. The van der Waals surface area contributed by atoms with Crippen LogP contribution in [0.4, 0.5) is 18.9 Å². The summed E-state index contributed by atoms with van der Waals surface area (Å²) in [7, 11) is 0. The van der Waals surface area contributed by atoms with E-state index in [0.717, 1.165) is 35.3 Å². The Balaban J connectivity index is 1.47. The number of thioether (sulfide) groups is 1. The van der Waals surface area contributed by atoms with Gasteiger partial charge in [-0.05, 0) is 36.2 Å². The van der Waals surface area contributed by atoms with E-state index in [2.05, 4.69) is 34.5 Å². The molecule has 5 nitrogen and oxygen atoms in total. The lowest BCUT2D eigenvalue weighted by molar-refractivity contribution is -0.137. The van der Waals surface area contributed by atoms with Crippen molar-refractivity contribution in [1.82, 2.24) is 14.6 Å². The lowest BCUT2D eigenvalue weighted by Crippen LogP contribution is -2.15. The van der Waals surface area contributed by atoms with Gasteiger partial charge in [0.2, 0.25) is 5.91 Å². The number of fused-ring (bicyclic) bond motifs is 1. The Morgan fingerprint density at radius 2 is 1.91 bits per heavy atom. The van der Waals surface area contributed by atoms with Gasteiger partial charge in [0.05, 0.1) is 22.5 Å². The van der Waals surface area contributed by atoms with Gasteiger partial charge in [0, 0.05) is 23.6 Å². The first-order valence-electron chi connectivity index (χ1n) is 9.87. The van der Waals surface area contributed by atoms with E-state index < -0.39 is 17.6 Å². The van der Waals surface area contributed by atoms with E-state index in [4.69, 9.17) is 0 Å². The summed E-state index contributed by atoms with van der Waals surface area (Å²) < 4.78 is 40.3. The Labute approximate surface area is 186 Å². The minimum atomic E-state index is -4.47. The van der Waals surface area contributed by atoms with Crippen molar-refractivity contribution in [2.45, 2.75) is 24.5 Å². The van der Waals surface area contributed by atoms with Gasteiger partial charge in [-0.25, -0.2) is 9.50 Å². The molecule has 0 radical (unpaired) electrons. The quantitative estimate of drug-likeness (QED) is 0.378. The summed E-state index contributed by atoms with van der Waals surface area (Å²) in [6.45, 7) is 2.10. The predicted molar refractivity (Wildman–Crippen MR) is 119 cm³/mol. The molecule has 0 aliphatic carbocycles. The van der Waals surface area contributed by atoms with Crippen LogP contribution in [0.15, 0.2) is 72.0 Å². The summed E-state index contributed by atoms with van der Waals surface area (Å²) in [5, 5.41) is 7.69. The van der Waals surface area contributed by atoms with Crippen LogP contribution < -0.4 is 5.32 Å². The molecular formula is C23H19F3N4OS. The lowest BCUT2D eigenvalue weighted by Gasteiger charge is -2.09. The van der Waals surface area contributed by atoms with Crippen LogP contribution in [-0.4, -0.2) is 26.3 Å². The molecule has 1 amide bonds. The van der Waals surface area contributed by atoms with Crippen LogP contribution in [0.25, 0.3) is 16.8 Å². The zero-order valence-electron chi connectivity index (χ0n) is 17.1. The molecule has 164 valence electrons. The minimum Gasteiger partial charge on any atom is -0.325 e. The molecule has 0 aliphatic heterocycles. The third-order valence-electron chi connectivity index (χ3n) is 4.83. The number of nitrogens with zero attached hydrogens (tertiary/aromatic N) is 3. The SMILES string of the molecule is CCc1ccc(-c2cc3c(SCC(=O)Nc4cccc(C(F)(F)F)c4)nccn3n2)cc1. The van der Waals surface area contributed by atoms with Crippen LogP contribution in [0.1, 0.15) is 18.1 Å². The summed E-state index contributed by atoms with van der Waals surface area (Å²) in [6, 6.07) is 14.6. The molecular weight excluding hydrogens is 437 g/mol. The van der Waals surface area contributed by atoms with Crippen molar-refractivity contribution >= 4 is 28.9 Å². The van der Waals surface area contributed by atoms with Crippen LogP contribution in [0.2, 0.25) is 0 Å². The number of benzene rings is 2. The zero-order chi connectivity index (χ0) is 22.7. The average Bonchev–Trinajstić information content (AvgIpc) is 3.22. The highest BCUT2D eigenvalue weighted by molar-refractivity contribution is 8.00. The summed E-state index contributed by atoms with van der Waals surface area (Å²) in [6.07, 6.45) is -0.187. The van der Waals surface area contributed by atoms with Crippen LogP contribution in [0.5, 0.6) is 0 Å². The maximum absolute atomic E-state index is 12.9. The fraction of sp³-hybridized carbons (Fsp3) is 0.174. The molecule has 0 saturated heterocycles. The fourth-order valence-corrected chi connectivity index (χ4v) is 3.94. The molecule has 0 unspecified atom stereocenters. The summed E-state index contributed by atoms with van der Waals surface area (Å²) in [5.41, 5.74) is 3.04. The molecule has 0 aliphatic rings. The second-order valence-corrected chi connectivity index (χ2v) is 8.02. The number of carbonyl (C=O) groups excluding carboxylic acids is 1. The standard InChI is InChI=1S/C23H19F3N4OS/c1-2-15-6-8-16(9-7-15)19-13-20-22(27-10-11-30(20)29-19)32-14-21(31)28-18-5-3-4-17(12-18)23(24,25)26/h3-13H,2,14H2,1H3,(H,28,31). The molecule has 0 spiro atoms. The summed E-state index contributed by atoms with van der Waals surface area (Å²) in [4.78, 5) is 16.6. The van der Waals surface area contributed by atoms with Crippen LogP contribution in [-0.2, 0) is 17.4 Å². The van der Waals surface area contributed by atoms with Crippen LogP contribution in [0, 0.1) is 0 Å². The number of hydrogen-bond acceptors (Lipinski definition) is 4. The Kier molecular flexibility index (Phi) is 6.18. The van der Waals surface area contributed by atoms with Crippen molar-refractivity contribution in [3.63, 3.8) is 0 Å². The first-order chi connectivity index (χ1) is 15.3. The van der Waals surface area contributed by atoms with Crippen molar-refractivity contribution in [3.05, 3.63) is 78.1 Å². The molecule has 1 N–H and O–H groups in total. The zero-order valence-corrected chi connectivity index (χ0v) is 17.9. The van der Waals surface area contributed by atoms with Gasteiger partial charge in [0.15, 0.2) is 0 Å². The second kappa shape index (κ2) is 9.04. The van der Waals surface area contributed by atoms with Crippen LogP contribution >= 0.6 is 11.8 Å². The van der Waals surface area contributed by atoms with E-state index in [-0.39, 0.29) is 11.4 Å². The summed E-state index contributed by atoms with van der Waals surface area (Å²) in [5.74, 6) is -0.428. The van der Waals surface area contributed by atoms with Crippen LogP contribution in [0.3, 0.4) is 0 Å². The van der Waals surface area contributed by atoms with Gasteiger partial charge in [-0.3, -0.25) is 4.79 Å². The third-order valence-corrected chi connectivity index (χ3v) is 5.82. The van der Waals surface area contributed by atoms with Gasteiger partial charge >= 0.3 is 6.18 Å². The number of anilines is 1. The highest BCUT2D eigenvalue weighted by Gasteiger charge is 2.30. The first kappa shape index (κ1) is 21.9. The summed E-state index contributed by atoms with van der Waals surface area (Å²) >= 11 is 1.20. The number of aryl methyl sites for hydroxylation is 1. The van der Waals surface area contributed by atoms with Crippen molar-refractivity contribution < 1.29 is 18.0 Å². The number of aromatic nitrogens is 3. The lowest BCUT2D eigenvalue weighted by atomic mass is 10.1. The molecule has 0 bridgehead atoms. The number of alkyl halides is 3. The highest BCUT2D eigenvalue weighted by atomic mass is 32.2. The molecule has 32 heavy (non-hydrogen) atoms. The van der Waals surface area contributed by atoms with Crippen molar-refractivity contribution in [2.24, 2.45) is 0 Å². The largest absolute Gasteiger partial charge is 0.416 e. The molecule has 0 saturated carbocycles. The molecule has 2 aromatic carbocycles. The van der Waals surface area contributed by atoms with E-state index in [1.165, 1.54) is 29.5 Å². The van der Waals surface area contributed by atoms with Gasteiger partial charge in [-0.15, -0.1) is 0 Å². The first-order valence-corrected chi connectivity index (χ1v) is 10.9. The number of nitrogens with one attached hydrogen (secondary N) is 1. The van der Waals surface area contributed by atoms with E-state index in [1.807, 2.05) is 18.2 Å². The Hall–Kier alpha value is -3.33. The highest BCUT2D eigenvalue weighted by Crippen LogP contribution is 2.31. The van der Waals surface area contributed by atoms with Gasteiger partial charge in [0.1, 0.15) is 5.03 Å². The van der Waals surface area contributed by atoms with Gasteiger partial charge in [0.25, 0.3) is 0 Å². The van der Waals surface area contributed by atoms with E-state index in [0.29, 0.717) is 5.03 Å². The van der Waals surface area contributed by atoms with Crippen molar-refractivity contribution in [2.75, 3.05) is 11.1 Å². The maximum atomic E-state index is 12.9. The number of halogens is 3. The second-order valence-electron chi connectivity index (χ2n) is 7.06. The maximum Gasteiger partial charge on any atom is 0.416 e. The van der Waals surface area contributed by atoms with Crippen molar-refractivity contribution in [1.29, 1.82) is 0 Å². The van der Waals surface area contributed by atoms with Gasteiger partial charge < -0.3 is 5.32 Å². The fourth-order valence-electron chi connectivity index (χ4n) is 3.17. The van der Waals surface area contributed by atoms with E-state index in [1.54, 1.807) is 16.9 Å². The number of rotatable bonds is 6. The Morgan fingerprint density at radius 1 is 1.12 bits per heavy atom. The molecule has 4 aromatic rings. The Morgan fingerprint density at radius 3 is 2.62 bits per heavy atom. The number of amides is 1. The molecule has 2 aromatic heterocycles. The normalized spacial score (nSPS) is 11.6. The van der Waals surface area contributed by atoms with E-state index >= 15 is 0 Å².